The molecule has 1 aromatic carbocycles. The zero-order valence-corrected chi connectivity index (χ0v) is 11.5. The Morgan fingerprint density at radius 2 is 2.11 bits per heavy atom. The lowest BCUT2D eigenvalue weighted by Crippen LogP contribution is -2.34. The minimum Gasteiger partial charge on any atom is -0.381 e. The Morgan fingerprint density at radius 1 is 1.39 bits per heavy atom. The summed E-state index contributed by atoms with van der Waals surface area (Å²) in [4.78, 5) is 10.4. The molecule has 0 aromatic heterocycles. The fourth-order valence-electron chi connectivity index (χ4n) is 2.00. The number of rotatable bonds is 4. The van der Waals surface area contributed by atoms with Crippen LogP contribution in [0, 0.1) is 10.1 Å². The standard InChI is InChI=1S/C12H15BrN2O3/c13-10-5-9(6-12(7-10)15(16)17)8-14-11-1-3-18-4-2-11/h5-7,11,14H,1-4,8H2. The van der Waals surface area contributed by atoms with Gasteiger partial charge >= 0.3 is 0 Å². The molecule has 1 aliphatic rings. The molecule has 0 spiro atoms. The van der Waals surface area contributed by atoms with Gasteiger partial charge in [0.15, 0.2) is 0 Å². The normalized spacial score (nSPS) is 16.7. The molecule has 1 N–H and O–H groups in total. The van der Waals surface area contributed by atoms with Crippen molar-refractivity contribution >= 4 is 21.6 Å². The molecule has 2 rings (SSSR count). The summed E-state index contributed by atoms with van der Waals surface area (Å²) in [5.41, 5.74) is 1.04. The van der Waals surface area contributed by atoms with E-state index in [0.717, 1.165) is 36.1 Å². The largest absolute Gasteiger partial charge is 0.381 e. The second kappa shape index (κ2) is 6.26. The molecule has 0 bridgehead atoms. The van der Waals surface area contributed by atoms with Gasteiger partial charge < -0.3 is 10.1 Å². The number of nitrogens with zero attached hydrogens (tertiary/aromatic N) is 1. The number of nitro groups is 1. The number of hydrogen-bond donors (Lipinski definition) is 1. The van der Waals surface area contributed by atoms with Crippen molar-refractivity contribution in [3.63, 3.8) is 0 Å². The van der Waals surface area contributed by atoms with Crippen molar-refractivity contribution in [2.75, 3.05) is 13.2 Å². The summed E-state index contributed by atoms with van der Waals surface area (Å²) in [6, 6.07) is 5.46. The lowest BCUT2D eigenvalue weighted by Gasteiger charge is -2.23. The van der Waals surface area contributed by atoms with Gasteiger partial charge in [0, 0.05) is 42.4 Å². The third-order valence-corrected chi connectivity index (χ3v) is 3.43. The molecule has 1 saturated heterocycles. The second-order valence-electron chi connectivity index (χ2n) is 4.34. The maximum absolute atomic E-state index is 10.8. The second-order valence-corrected chi connectivity index (χ2v) is 5.26. The zero-order chi connectivity index (χ0) is 13.0. The smallest absolute Gasteiger partial charge is 0.270 e. The van der Waals surface area contributed by atoms with E-state index in [1.54, 1.807) is 6.07 Å². The summed E-state index contributed by atoms with van der Waals surface area (Å²) < 4.78 is 6.02. The van der Waals surface area contributed by atoms with Gasteiger partial charge in [0.05, 0.1) is 4.92 Å². The Labute approximate surface area is 114 Å². The van der Waals surface area contributed by atoms with Crippen LogP contribution in [0.4, 0.5) is 5.69 Å². The van der Waals surface area contributed by atoms with Crippen molar-refractivity contribution in [2.24, 2.45) is 0 Å². The number of hydrogen-bond acceptors (Lipinski definition) is 4. The van der Waals surface area contributed by atoms with E-state index < -0.39 is 0 Å². The van der Waals surface area contributed by atoms with E-state index in [2.05, 4.69) is 21.2 Å². The third-order valence-electron chi connectivity index (χ3n) is 2.97. The zero-order valence-electron chi connectivity index (χ0n) is 9.89. The number of nitro benzene ring substituents is 1. The number of benzene rings is 1. The fourth-order valence-corrected chi connectivity index (χ4v) is 2.53. The SMILES string of the molecule is O=[N+]([O-])c1cc(Br)cc(CNC2CCOCC2)c1. The van der Waals surface area contributed by atoms with Crippen LogP contribution in [0.5, 0.6) is 0 Å². The Bertz CT molecular complexity index is 433. The van der Waals surface area contributed by atoms with Crippen LogP contribution >= 0.6 is 15.9 Å². The molecule has 18 heavy (non-hydrogen) atoms. The average molecular weight is 315 g/mol. The predicted octanol–water partition coefficient (Wildman–Crippen LogP) is 2.63. The van der Waals surface area contributed by atoms with Gasteiger partial charge in [0.1, 0.15) is 0 Å². The minimum absolute atomic E-state index is 0.119. The summed E-state index contributed by atoms with van der Waals surface area (Å²) in [6.45, 7) is 2.22. The first-order valence-electron chi connectivity index (χ1n) is 5.90. The van der Waals surface area contributed by atoms with Crippen LogP contribution in [0.15, 0.2) is 22.7 Å². The van der Waals surface area contributed by atoms with Gasteiger partial charge in [0.2, 0.25) is 0 Å². The van der Waals surface area contributed by atoms with E-state index in [9.17, 15) is 10.1 Å². The monoisotopic (exact) mass is 314 g/mol. The van der Waals surface area contributed by atoms with Crippen LogP contribution in [-0.4, -0.2) is 24.2 Å². The Hall–Kier alpha value is -0.980. The van der Waals surface area contributed by atoms with Crippen molar-refractivity contribution < 1.29 is 9.66 Å². The molecule has 0 aliphatic carbocycles. The van der Waals surface area contributed by atoms with Gasteiger partial charge in [0.25, 0.3) is 5.69 Å². The fraction of sp³-hybridized carbons (Fsp3) is 0.500. The highest BCUT2D eigenvalue weighted by Gasteiger charge is 2.14. The molecule has 98 valence electrons. The first-order valence-corrected chi connectivity index (χ1v) is 6.69. The number of ether oxygens (including phenoxy) is 1. The van der Waals surface area contributed by atoms with Crippen LogP contribution in [0.2, 0.25) is 0 Å². The van der Waals surface area contributed by atoms with Crippen LogP contribution in [-0.2, 0) is 11.3 Å². The molecule has 0 amide bonds. The van der Waals surface area contributed by atoms with Gasteiger partial charge in [-0.25, -0.2) is 0 Å². The molecule has 1 fully saturated rings. The van der Waals surface area contributed by atoms with Gasteiger partial charge in [-0.3, -0.25) is 10.1 Å². The van der Waals surface area contributed by atoms with Crippen molar-refractivity contribution in [3.8, 4) is 0 Å². The summed E-state index contributed by atoms with van der Waals surface area (Å²) >= 11 is 3.30. The van der Waals surface area contributed by atoms with E-state index >= 15 is 0 Å². The molecule has 0 unspecified atom stereocenters. The van der Waals surface area contributed by atoms with Crippen molar-refractivity contribution in [2.45, 2.75) is 25.4 Å². The molecular formula is C12H15BrN2O3. The third kappa shape index (κ3) is 3.76. The minimum atomic E-state index is -0.372. The van der Waals surface area contributed by atoms with E-state index in [0.29, 0.717) is 12.6 Å². The van der Waals surface area contributed by atoms with E-state index in [1.807, 2.05) is 6.07 Å². The topological polar surface area (TPSA) is 64.4 Å². The number of nitrogens with one attached hydrogen (secondary N) is 1. The molecule has 0 radical (unpaired) electrons. The van der Waals surface area contributed by atoms with E-state index in [4.69, 9.17) is 4.74 Å². The highest BCUT2D eigenvalue weighted by Crippen LogP contribution is 2.21. The van der Waals surface area contributed by atoms with Crippen LogP contribution in [0.25, 0.3) is 0 Å². The first kappa shape index (κ1) is 13.5. The number of non-ortho nitro benzene ring substituents is 1. The summed E-state index contributed by atoms with van der Waals surface area (Å²) in [6.07, 6.45) is 1.99. The highest BCUT2D eigenvalue weighted by atomic mass is 79.9. The quantitative estimate of drug-likeness (QED) is 0.685. The lowest BCUT2D eigenvalue weighted by atomic mass is 10.1. The van der Waals surface area contributed by atoms with Crippen LogP contribution < -0.4 is 5.32 Å². The van der Waals surface area contributed by atoms with Gasteiger partial charge in [-0.1, -0.05) is 15.9 Å². The van der Waals surface area contributed by atoms with Gasteiger partial charge in [-0.05, 0) is 24.5 Å². The van der Waals surface area contributed by atoms with Crippen molar-refractivity contribution in [1.29, 1.82) is 0 Å². The van der Waals surface area contributed by atoms with Crippen LogP contribution in [0.1, 0.15) is 18.4 Å². The maximum atomic E-state index is 10.8. The Kier molecular flexibility index (Phi) is 4.68. The Morgan fingerprint density at radius 3 is 2.78 bits per heavy atom. The average Bonchev–Trinajstić information content (AvgIpc) is 2.37. The molecule has 1 heterocycles. The molecule has 1 aromatic rings. The molecule has 0 saturated carbocycles. The molecule has 0 atom stereocenters. The summed E-state index contributed by atoms with van der Waals surface area (Å²) in [7, 11) is 0. The Balaban J connectivity index is 1.97. The molecule has 6 heteroatoms. The molecular weight excluding hydrogens is 300 g/mol. The highest BCUT2D eigenvalue weighted by molar-refractivity contribution is 9.10. The van der Waals surface area contributed by atoms with Gasteiger partial charge in [-0.15, -0.1) is 0 Å². The molecule has 5 nitrogen and oxygen atoms in total. The van der Waals surface area contributed by atoms with Crippen LogP contribution in [0.3, 0.4) is 0 Å². The van der Waals surface area contributed by atoms with Crippen molar-refractivity contribution in [3.05, 3.63) is 38.3 Å². The lowest BCUT2D eigenvalue weighted by molar-refractivity contribution is -0.385. The van der Waals surface area contributed by atoms with E-state index in [-0.39, 0.29) is 10.6 Å². The summed E-state index contributed by atoms with van der Waals surface area (Å²) in [5, 5.41) is 14.2. The number of halogens is 1. The summed E-state index contributed by atoms with van der Waals surface area (Å²) in [5.74, 6) is 0. The maximum Gasteiger partial charge on any atom is 0.270 e. The van der Waals surface area contributed by atoms with Crippen molar-refractivity contribution in [1.82, 2.24) is 5.32 Å². The molecule has 1 aliphatic heterocycles. The van der Waals surface area contributed by atoms with Gasteiger partial charge in [-0.2, -0.15) is 0 Å². The van der Waals surface area contributed by atoms with E-state index in [1.165, 1.54) is 6.07 Å². The first-order chi connectivity index (χ1) is 8.65. The predicted molar refractivity (Wildman–Crippen MR) is 71.5 cm³/mol.